The molecule has 0 aromatic rings. The maximum Gasteiger partial charge on any atom is 0.0700 e. The van der Waals surface area contributed by atoms with Crippen LogP contribution in [-0.2, 0) is 9.47 Å². The van der Waals surface area contributed by atoms with Crippen molar-refractivity contribution < 1.29 is 9.47 Å². The van der Waals surface area contributed by atoms with Gasteiger partial charge < -0.3 is 14.8 Å². The molecule has 0 bridgehead atoms. The Bertz CT molecular complexity index is 160. The fourth-order valence-corrected chi connectivity index (χ4v) is 2.10. The van der Waals surface area contributed by atoms with Crippen molar-refractivity contribution in [3.05, 3.63) is 0 Å². The monoisotopic (exact) mass is 229 g/mol. The predicted molar refractivity (Wildman–Crippen MR) is 66.7 cm³/mol. The Labute approximate surface area is 99.9 Å². The van der Waals surface area contributed by atoms with Gasteiger partial charge in [-0.3, -0.25) is 0 Å². The highest BCUT2D eigenvalue weighted by Gasteiger charge is 2.29. The molecule has 1 aliphatic rings. The van der Waals surface area contributed by atoms with Gasteiger partial charge in [0.2, 0.25) is 0 Å². The smallest absolute Gasteiger partial charge is 0.0700 e. The molecule has 1 saturated carbocycles. The predicted octanol–water partition coefficient (Wildman–Crippen LogP) is 2.21. The van der Waals surface area contributed by atoms with Crippen molar-refractivity contribution in [3.8, 4) is 0 Å². The van der Waals surface area contributed by atoms with Gasteiger partial charge in [0, 0.05) is 19.8 Å². The molecule has 0 amide bonds. The van der Waals surface area contributed by atoms with Gasteiger partial charge in [-0.1, -0.05) is 12.8 Å². The van der Waals surface area contributed by atoms with Crippen molar-refractivity contribution in [2.75, 3.05) is 34.0 Å². The quantitative estimate of drug-likeness (QED) is 0.551. The number of nitrogens with one attached hydrogen (secondary N) is 1. The van der Waals surface area contributed by atoms with E-state index in [0.29, 0.717) is 6.61 Å². The van der Waals surface area contributed by atoms with E-state index >= 15 is 0 Å². The van der Waals surface area contributed by atoms with Crippen molar-refractivity contribution in [1.29, 1.82) is 0 Å². The Balaban J connectivity index is 1.80. The first kappa shape index (κ1) is 13.9. The van der Waals surface area contributed by atoms with E-state index < -0.39 is 0 Å². The lowest BCUT2D eigenvalue weighted by Gasteiger charge is -2.14. The largest absolute Gasteiger partial charge is 0.382 e. The number of unbranched alkanes of at least 4 members (excludes halogenated alkanes) is 2. The van der Waals surface area contributed by atoms with Gasteiger partial charge in [0.25, 0.3) is 0 Å². The van der Waals surface area contributed by atoms with Crippen molar-refractivity contribution in [2.45, 2.75) is 44.6 Å². The number of hydrogen-bond donors (Lipinski definition) is 1. The normalized spacial score (nSPS) is 17.6. The molecule has 0 radical (unpaired) electrons. The first-order chi connectivity index (χ1) is 7.88. The maximum atomic E-state index is 5.43. The van der Waals surface area contributed by atoms with Crippen LogP contribution in [0.2, 0.25) is 0 Å². The minimum Gasteiger partial charge on any atom is -0.382 e. The Kier molecular flexibility index (Phi) is 7.81. The van der Waals surface area contributed by atoms with Crippen LogP contribution in [0.1, 0.15) is 38.5 Å². The van der Waals surface area contributed by atoms with E-state index in [1.54, 1.807) is 7.11 Å². The molecule has 3 nitrogen and oxygen atoms in total. The highest BCUT2D eigenvalue weighted by molar-refractivity contribution is 4.85. The Morgan fingerprint density at radius 3 is 2.56 bits per heavy atom. The van der Waals surface area contributed by atoms with E-state index in [1.165, 1.54) is 38.5 Å². The van der Waals surface area contributed by atoms with Gasteiger partial charge >= 0.3 is 0 Å². The van der Waals surface area contributed by atoms with E-state index in [0.717, 1.165) is 25.2 Å². The zero-order valence-electron chi connectivity index (χ0n) is 10.8. The Morgan fingerprint density at radius 1 is 1.12 bits per heavy atom. The summed E-state index contributed by atoms with van der Waals surface area (Å²) in [4.78, 5) is 0. The van der Waals surface area contributed by atoms with Crippen molar-refractivity contribution >= 4 is 0 Å². The van der Waals surface area contributed by atoms with Crippen molar-refractivity contribution in [1.82, 2.24) is 5.32 Å². The van der Waals surface area contributed by atoms with Gasteiger partial charge in [-0.15, -0.1) is 0 Å². The molecule has 1 N–H and O–H groups in total. The molecular formula is C13H27NO2. The molecule has 1 rings (SSSR count). The minimum atomic E-state index is 0.712. The van der Waals surface area contributed by atoms with Crippen LogP contribution < -0.4 is 5.32 Å². The van der Waals surface area contributed by atoms with Gasteiger partial charge in [0.15, 0.2) is 0 Å². The molecule has 0 aliphatic heterocycles. The fourth-order valence-electron chi connectivity index (χ4n) is 2.10. The molecular weight excluding hydrogens is 202 g/mol. The third kappa shape index (κ3) is 6.46. The first-order valence-corrected chi connectivity index (χ1v) is 6.62. The zero-order valence-corrected chi connectivity index (χ0v) is 10.8. The highest BCUT2D eigenvalue weighted by atomic mass is 16.5. The van der Waals surface area contributed by atoms with Crippen LogP contribution in [0.15, 0.2) is 0 Å². The van der Waals surface area contributed by atoms with Gasteiger partial charge in [0.1, 0.15) is 0 Å². The summed E-state index contributed by atoms with van der Waals surface area (Å²) in [5.74, 6) is 0.975. The third-order valence-electron chi connectivity index (χ3n) is 3.30. The summed E-state index contributed by atoms with van der Waals surface area (Å²) in [6.07, 6.45) is 8.01. The van der Waals surface area contributed by atoms with Gasteiger partial charge in [-0.2, -0.15) is 0 Å². The van der Waals surface area contributed by atoms with Crippen LogP contribution >= 0.6 is 0 Å². The second-order valence-corrected chi connectivity index (χ2v) is 4.69. The number of rotatable bonds is 11. The summed E-state index contributed by atoms with van der Waals surface area (Å²) in [5, 5.41) is 3.44. The number of methoxy groups -OCH3 is 1. The summed E-state index contributed by atoms with van der Waals surface area (Å²) in [6, 6.07) is 0.773. The molecule has 96 valence electrons. The van der Waals surface area contributed by atoms with E-state index in [9.17, 15) is 0 Å². The van der Waals surface area contributed by atoms with E-state index in [4.69, 9.17) is 9.47 Å². The maximum absolute atomic E-state index is 5.43. The van der Waals surface area contributed by atoms with E-state index in [1.807, 2.05) is 0 Å². The lowest BCUT2D eigenvalue weighted by molar-refractivity contribution is 0.0685. The van der Waals surface area contributed by atoms with Crippen LogP contribution in [0.3, 0.4) is 0 Å². The molecule has 0 saturated heterocycles. The zero-order chi connectivity index (χ0) is 11.6. The fraction of sp³-hybridized carbons (Fsp3) is 1.00. The molecule has 0 spiro atoms. The lowest BCUT2D eigenvalue weighted by atomic mass is 10.0. The molecule has 3 heteroatoms. The van der Waals surface area contributed by atoms with Crippen molar-refractivity contribution in [3.63, 3.8) is 0 Å². The summed E-state index contributed by atoms with van der Waals surface area (Å²) >= 11 is 0. The summed E-state index contributed by atoms with van der Waals surface area (Å²) in [6.45, 7) is 2.33. The van der Waals surface area contributed by atoms with Crippen LogP contribution in [0.25, 0.3) is 0 Å². The first-order valence-electron chi connectivity index (χ1n) is 6.62. The molecule has 0 aromatic carbocycles. The molecule has 1 atom stereocenters. The Morgan fingerprint density at radius 2 is 1.94 bits per heavy atom. The van der Waals surface area contributed by atoms with Crippen LogP contribution in [-0.4, -0.2) is 40.0 Å². The second kappa shape index (κ2) is 8.97. The number of ether oxygens (including phenoxy) is 2. The molecule has 1 unspecified atom stereocenters. The van der Waals surface area contributed by atoms with Crippen LogP contribution in [0.4, 0.5) is 0 Å². The second-order valence-electron chi connectivity index (χ2n) is 4.69. The standard InChI is InChI=1S/C13H27NO2/c1-14-13(12-7-8-12)6-4-3-5-9-16-11-10-15-2/h12-14H,3-11H2,1-2H3. The summed E-state index contributed by atoms with van der Waals surface area (Å²) < 4.78 is 10.3. The van der Waals surface area contributed by atoms with E-state index in [2.05, 4.69) is 12.4 Å². The molecule has 1 fully saturated rings. The minimum absolute atomic E-state index is 0.712. The third-order valence-corrected chi connectivity index (χ3v) is 3.30. The molecule has 1 aliphatic carbocycles. The lowest BCUT2D eigenvalue weighted by Crippen LogP contribution is -2.27. The molecule has 0 aromatic heterocycles. The van der Waals surface area contributed by atoms with Crippen LogP contribution in [0, 0.1) is 5.92 Å². The average molecular weight is 229 g/mol. The van der Waals surface area contributed by atoms with Crippen molar-refractivity contribution in [2.24, 2.45) is 5.92 Å². The SMILES string of the molecule is CNC(CCCCCOCCOC)C1CC1. The summed E-state index contributed by atoms with van der Waals surface area (Å²) in [7, 11) is 3.80. The molecule has 0 heterocycles. The van der Waals surface area contributed by atoms with Gasteiger partial charge in [0.05, 0.1) is 13.2 Å². The average Bonchev–Trinajstić information content (AvgIpc) is 3.11. The number of hydrogen-bond acceptors (Lipinski definition) is 3. The highest BCUT2D eigenvalue weighted by Crippen LogP contribution is 2.34. The topological polar surface area (TPSA) is 30.5 Å². The van der Waals surface area contributed by atoms with Gasteiger partial charge in [-0.25, -0.2) is 0 Å². The summed E-state index contributed by atoms with van der Waals surface area (Å²) in [5.41, 5.74) is 0. The Hall–Kier alpha value is -0.120. The van der Waals surface area contributed by atoms with E-state index in [-0.39, 0.29) is 0 Å². The molecule has 16 heavy (non-hydrogen) atoms. The van der Waals surface area contributed by atoms with Crippen LogP contribution in [0.5, 0.6) is 0 Å². The van der Waals surface area contributed by atoms with Gasteiger partial charge in [-0.05, 0) is 38.6 Å².